The first-order chi connectivity index (χ1) is 6.07. The normalized spacial score (nSPS) is 11.1. The van der Waals surface area contributed by atoms with Gasteiger partial charge in [0.1, 0.15) is 5.82 Å². The fraction of sp³-hybridized carbons (Fsp3) is 0.125. The summed E-state index contributed by atoms with van der Waals surface area (Å²) in [5, 5.41) is 11.2. The smallest absolute Gasteiger partial charge is 0.142 e. The van der Waals surface area contributed by atoms with E-state index in [1.54, 1.807) is 6.92 Å². The van der Waals surface area contributed by atoms with Crippen LogP contribution >= 0.6 is 23.2 Å². The van der Waals surface area contributed by atoms with E-state index in [0.717, 1.165) is 6.21 Å². The third-order valence-corrected chi connectivity index (χ3v) is 2.44. The largest absolute Gasteiger partial charge is 0.411 e. The molecule has 0 bridgehead atoms. The fourth-order valence-electron chi connectivity index (χ4n) is 0.925. The van der Waals surface area contributed by atoms with Crippen LogP contribution in [0, 0.1) is 12.7 Å². The van der Waals surface area contributed by atoms with Crippen molar-refractivity contribution < 1.29 is 9.60 Å². The van der Waals surface area contributed by atoms with E-state index >= 15 is 0 Å². The fourth-order valence-corrected chi connectivity index (χ4v) is 1.37. The monoisotopic (exact) mass is 221 g/mol. The van der Waals surface area contributed by atoms with Crippen LogP contribution in [0.4, 0.5) is 4.39 Å². The molecular formula is C8H6Cl2FNO. The van der Waals surface area contributed by atoms with Gasteiger partial charge in [0, 0.05) is 5.56 Å². The topological polar surface area (TPSA) is 32.6 Å². The highest BCUT2D eigenvalue weighted by Gasteiger charge is 2.11. The maximum Gasteiger partial charge on any atom is 0.142 e. The molecule has 0 saturated heterocycles. The number of nitrogens with zero attached hydrogens (tertiary/aromatic N) is 1. The Kier molecular flexibility index (Phi) is 3.12. The van der Waals surface area contributed by atoms with Crippen molar-refractivity contribution in [3.8, 4) is 0 Å². The van der Waals surface area contributed by atoms with Crippen molar-refractivity contribution in [2.45, 2.75) is 6.92 Å². The van der Waals surface area contributed by atoms with Crippen molar-refractivity contribution in [1.82, 2.24) is 0 Å². The Bertz CT molecular complexity index is 339. The van der Waals surface area contributed by atoms with E-state index in [2.05, 4.69) is 5.16 Å². The van der Waals surface area contributed by atoms with Crippen LogP contribution in [-0.2, 0) is 0 Å². The Labute approximate surface area is 84.6 Å². The molecule has 0 amide bonds. The van der Waals surface area contributed by atoms with E-state index in [1.165, 1.54) is 6.07 Å². The van der Waals surface area contributed by atoms with E-state index in [1.807, 2.05) is 0 Å². The zero-order valence-electron chi connectivity index (χ0n) is 6.68. The molecule has 1 rings (SSSR count). The molecule has 0 atom stereocenters. The zero-order chi connectivity index (χ0) is 10.0. The van der Waals surface area contributed by atoms with E-state index in [-0.39, 0.29) is 15.6 Å². The third kappa shape index (κ3) is 1.92. The Balaban J connectivity index is 3.46. The van der Waals surface area contributed by atoms with Crippen molar-refractivity contribution >= 4 is 29.4 Å². The minimum atomic E-state index is -0.585. The van der Waals surface area contributed by atoms with E-state index < -0.39 is 5.82 Å². The zero-order valence-corrected chi connectivity index (χ0v) is 8.19. The van der Waals surface area contributed by atoms with E-state index in [4.69, 9.17) is 28.4 Å². The van der Waals surface area contributed by atoms with Gasteiger partial charge in [-0.25, -0.2) is 4.39 Å². The molecule has 13 heavy (non-hydrogen) atoms. The highest BCUT2D eigenvalue weighted by Crippen LogP contribution is 2.28. The second kappa shape index (κ2) is 3.94. The summed E-state index contributed by atoms with van der Waals surface area (Å²) in [6.45, 7) is 1.64. The molecule has 1 N–H and O–H groups in total. The van der Waals surface area contributed by atoms with Gasteiger partial charge in [0.2, 0.25) is 0 Å². The summed E-state index contributed by atoms with van der Waals surface area (Å²) in [4.78, 5) is 0. The van der Waals surface area contributed by atoms with Crippen molar-refractivity contribution in [2.24, 2.45) is 5.16 Å². The summed E-state index contributed by atoms with van der Waals surface area (Å²) in [6.07, 6.45) is 1.00. The molecule has 0 heterocycles. The molecule has 70 valence electrons. The average Bonchev–Trinajstić information content (AvgIpc) is 2.09. The number of benzene rings is 1. The molecular weight excluding hydrogens is 216 g/mol. The van der Waals surface area contributed by atoms with Crippen molar-refractivity contribution in [3.05, 3.63) is 33.1 Å². The van der Waals surface area contributed by atoms with Crippen LogP contribution in [0.3, 0.4) is 0 Å². The maximum absolute atomic E-state index is 13.0. The van der Waals surface area contributed by atoms with Crippen molar-refractivity contribution in [3.63, 3.8) is 0 Å². The number of hydrogen-bond donors (Lipinski definition) is 1. The van der Waals surface area contributed by atoms with Gasteiger partial charge in [-0.05, 0) is 18.6 Å². The van der Waals surface area contributed by atoms with Crippen LogP contribution in [0.5, 0.6) is 0 Å². The van der Waals surface area contributed by atoms with Gasteiger partial charge >= 0.3 is 0 Å². The van der Waals surface area contributed by atoms with Gasteiger partial charge in [-0.15, -0.1) is 0 Å². The SMILES string of the molecule is Cc1cc(F)c(Cl)c(/C=N\O)c1Cl. The first-order valence-corrected chi connectivity index (χ1v) is 4.15. The molecule has 2 nitrogen and oxygen atoms in total. The quantitative estimate of drug-likeness (QED) is 0.336. The highest BCUT2D eigenvalue weighted by atomic mass is 35.5. The average molecular weight is 222 g/mol. The van der Waals surface area contributed by atoms with Gasteiger partial charge in [0.25, 0.3) is 0 Å². The van der Waals surface area contributed by atoms with Crippen molar-refractivity contribution in [1.29, 1.82) is 0 Å². The summed E-state index contributed by atoms with van der Waals surface area (Å²) in [5.74, 6) is -0.585. The third-order valence-electron chi connectivity index (χ3n) is 1.56. The number of aryl methyl sites for hydroxylation is 1. The lowest BCUT2D eigenvalue weighted by Gasteiger charge is -2.04. The van der Waals surface area contributed by atoms with Crippen LogP contribution in [0.25, 0.3) is 0 Å². The Morgan fingerprint density at radius 1 is 1.46 bits per heavy atom. The summed E-state index contributed by atoms with van der Waals surface area (Å²) < 4.78 is 13.0. The molecule has 1 aromatic carbocycles. The minimum Gasteiger partial charge on any atom is -0.411 e. The molecule has 0 saturated carbocycles. The maximum atomic E-state index is 13.0. The number of halogens is 3. The molecule has 0 aromatic heterocycles. The molecule has 1 aromatic rings. The van der Waals surface area contributed by atoms with Gasteiger partial charge in [-0.3, -0.25) is 0 Å². The first kappa shape index (κ1) is 10.3. The van der Waals surface area contributed by atoms with E-state index in [0.29, 0.717) is 5.56 Å². The molecule has 0 radical (unpaired) electrons. The first-order valence-electron chi connectivity index (χ1n) is 3.39. The van der Waals surface area contributed by atoms with Crippen LogP contribution in [0.2, 0.25) is 10.0 Å². The Morgan fingerprint density at radius 2 is 2.08 bits per heavy atom. The Hall–Kier alpha value is -0.800. The van der Waals surface area contributed by atoms with Crippen molar-refractivity contribution in [2.75, 3.05) is 0 Å². The van der Waals surface area contributed by atoms with Crippen LogP contribution < -0.4 is 0 Å². The lowest BCUT2D eigenvalue weighted by molar-refractivity contribution is 0.322. The Morgan fingerprint density at radius 3 is 2.62 bits per heavy atom. The highest BCUT2D eigenvalue weighted by molar-refractivity contribution is 6.39. The van der Waals surface area contributed by atoms with Gasteiger partial charge in [0.05, 0.1) is 16.3 Å². The molecule has 0 aliphatic rings. The lowest BCUT2D eigenvalue weighted by atomic mass is 10.1. The molecule has 0 aliphatic heterocycles. The van der Waals surface area contributed by atoms with Gasteiger partial charge in [-0.1, -0.05) is 28.4 Å². The summed E-state index contributed by atoms with van der Waals surface area (Å²) in [5.41, 5.74) is 0.724. The molecule has 0 spiro atoms. The number of oxime groups is 1. The standard InChI is InChI=1S/C8H6Cl2FNO/c1-4-2-6(11)8(10)5(3-12-13)7(4)9/h2-3,13H,1H3/b12-3-. The van der Waals surface area contributed by atoms with Crippen LogP contribution in [0.15, 0.2) is 11.2 Å². The predicted molar refractivity (Wildman–Crippen MR) is 50.5 cm³/mol. The summed E-state index contributed by atoms with van der Waals surface area (Å²) in [6, 6.07) is 1.22. The molecule has 0 fully saturated rings. The van der Waals surface area contributed by atoms with E-state index in [9.17, 15) is 4.39 Å². The van der Waals surface area contributed by atoms with Gasteiger partial charge in [-0.2, -0.15) is 0 Å². The lowest BCUT2D eigenvalue weighted by Crippen LogP contribution is -1.92. The number of hydrogen-bond acceptors (Lipinski definition) is 2. The summed E-state index contributed by atoms with van der Waals surface area (Å²) in [7, 11) is 0. The summed E-state index contributed by atoms with van der Waals surface area (Å²) >= 11 is 11.4. The predicted octanol–water partition coefficient (Wildman–Crippen LogP) is 3.25. The van der Waals surface area contributed by atoms with Gasteiger partial charge < -0.3 is 5.21 Å². The second-order valence-electron chi connectivity index (χ2n) is 2.46. The molecule has 0 unspecified atom stereocenters. The number of rotatable bonds is 1. The molecule has 0 aliphatic carbocycles. The minimum absolute atomic E-state index is 0.145. The van der Waals surface area contributed by atoms with Gasteiger partial charge in [0.15, 0.2) is 0 Å². The second-order valence-corrected chi connectivity index (χ2v) is 3.22. The van der Waals surface area contributed by atoms with Crippen LogP contribution in [0.1, 0.15) is 11.1 Å². The molecule has 5 heteroatoms. The van der Waals surface area contributed by atoms with Crippen LogP contribution in [-0.4, -0.2) is 11.4 Å².